The van der Waals surface area contributed by atoms with Gasteiger partial charge in [0.05, 0.1) is 6.04 Å². The number of hydrogen-bond acceptors (Lipinski definition) is 3. The van der Waals surface area contributed by atoms with Crippen LogP contribution in [0.2, 0.25) is 0 Å². The van der Waals surface area contributed by atoms with Crippen LogP contribution in [0.1, 0.15) is 44.0 Å². The Balaban J connectivity index is 2.12. The molecule has 0 spiro atoms. The van der Waals surface area contributed by atoms with Gasteiger partial charge in [-0.2, -0.15) is 0 Å². The van der Waals surface area contributed by atoms with Crippen molar-refractivity contribution in [3.63, 3.8) is 0 Å². The van der Waals surface area contributed by atoms with Crippen molar-refractivity contribution in [2.75, 3.05) is 5.32 Å². The molecule has 1 N–H and O–H groups in total. The van der Waals surface area contributed by atoms with Crippen molar-refractivity contribution in [1.82, 2.24) is 9.97 Å². The van der Waals surface area contributed by atoms with Crippen LogP contribution in [0.5, 0.6) is 0 Å². The molecule has 0 saturated heterocycles. The van der Waals surface area contributed by atoms with Gasteiger partial charge in [0.25, 0.3) is 0 Å². The molecule has 2 aromatic rings. The summed E-state index contributed by atoms with van der Waals surface area (Å²) in [6.07, 6.45) is 4.77. The zero-order valence-electron chi connectivity index (χ0n) is 11.6. The van der Waals surface area contributed by atoms with Crippen molar-refractivity contribution in [1.29, 1.82) is 0 Å². The van der Waals surface area contributed by atoms with Crippen LogP contribution in [0.3, 0.4) is 0 Å². The van der Waals surface area contributed by atoms with Gasteiger partial charge in [-0.05, 0) is 18.4 Å². The molecule has 19 heavy (non-hydrogen) atoms. The van der Waals surface area contributed by atoms with Crippen LogP contribution in [0.25, 0.3) is 0 Å². The maximum atomic E-state index is 4.31. The lowest BCUT2D eigenvalue weighted by atomic mass is 10.0. The molecular formula is C16H21N3. The lowest BCUT2D eigenvalue weighted by Crippen LogP contribution is -2.11. The summed E-state index contributed by atoms with van der Waals surface area (Å²) in [4.78, 5) is 8.60. The molecule has 0 amide bonds. The van der Waals surface area contributed by atoms with Crippen LogP contribution in [-0.4, -0.2) is 9.97 Å². The summed E-state index contributed by atoms with van der Waals surface area (Å²) in [6.45, 7) is 4.34. The molecule has 3 nitrogen and oxygen atoms in total. The number of hydrogen-bond donors (Lipinski definition) is 1. The fourth-order valence-corrected chi connectivity index (χ4v) is 2.15. The van der Waals surface area contributed by atoms with Gasteiger partial charge in [0.2, 0.25) is 0 Å². The van der Waals surface area contributed by atoms with E-state index in [0.29, 0.717) is 6.04 Å². The SMILES string of the molecule is CCCc1cc(NC(CC)c2ccccc2)ncn1. The first-order valence-electron chi connectivity index (χ1n) is 6.96. The third-order valence-electron chi connectivity index (χ3n) is 3.16. The van der Waals surface area contributed by atoms with Crippen LogP contribution >= 0.6 is 0 Å². The predicted octanol–water partition coefficient (Wildman–Crippen LogP) is 3.99. The molecule has 0 saturated carbocycles. The minimum atomic E-state index is 0.297. The van der Waals surface area contributed by atoms with Crippen molar-refractivity contribution >= 4 is 5.82 Å². The van der Waals surface area contributed by atoms with Crippen molar-refractivity contribution < 1.29 is 0 Å². The first-order valence-corrected chi connectivity index (χ1v) is 6.96. The first kappa shape index (κ1) is 13.5. The molecule has 0 aliphatic heterocycles. The van der Waals surface area contributed by atoms with Gasteiger partial charge in [0.15, 0.2) is 0 Å². The normalized spacial score (nSPS) is 12.1. The second-order valence-corrected chi connectivity index (χ2v) is 4.66. The summed E-state index contributed by atoms with van der Waals surface area (Å²) in [5.41, 5.74) is 2.39. The molecule has 100 valence electrons. The van der Waals surface area contributed by atoms with Gasteiger partial charge in [-0.15, -0.1) is 0 Å². The summed E-state index contributed by atoms with van der Waals surface area (Å²) in [6, 6.07) is 12.8. The van der Waals surface area contributed by atoms with Gasteiger partial charge in [-0.1, -0.05) is 50.6 Å². The maximum Gasteiger partial charge on any atom is 0.130 e. The van der Waals surface area contributed by atoms with Crippen LogP contribution in [-0.2, 0) is 6.42 Å². The molecule has 0 fully saturated rings. The molecule has 1 unspecified atom stereocenters. The predicted molar refractivity (Wildman–Crippen MR) is 79.1 cm³/mol. The largest absolute Gasteiger partial charge is 0.363 e. The lowest BCUT2D eigenvalue weighted by Gasteiger charge is -2.18. The van der Waals surface area contributed by atoms with Crippen LogP contribution in [0.15, 0.2) is 42.7 Å². The van der Waals surface area contributed by atoms with Crippen LogP contribution in [0, 0.1) is 0 Å². The molecule has 1 heterocycles. The van der Waals surface area contributed by atoms with Gasteiger partial charge in [0.1, 0.15) is 12.1 Å². The van der Waals surface area contributed by atoms with E-state index in [0.717, 1.165) is 30.8 Å². The number of rotatable bonds is 6. The Morgan fingerprint density at radius 3 is 2.58 bits per heavy atom. The second kappa shape index (κ2) is 6.88. The molecule has 2 rings (SSSR count). The quantitative estimate of drug-likeness (QED) is 0.848. The van der Waals surface area contributed by atoms with Gasteiger partial charge < -0.3 is 5.32 Å². The average molecular weight is 255 g/mol. The smallest absolute Gasteiger partial charge is 0.130 e. The van der Waals surface area contributed by atoms with E-state index in [1.54, 1.807) is 6.33 Å². The minimum absolute atomic E-state index is 0.297. The number of nitrogens with one attached hydrogen (secondary N) is 1. The molecule has 1 aromatic heterocycles. The summed E-state index contributed by atoms with van der Waals surface area (Å²) in [5, 5.41) is 3.49. The average Bonchev–Trinajstić information content (AvgIpc) is 2.46. The van der Waals surface area contributed by atoms with Crippen molar-refractivity contribution in [2.24, 2.45) is 0 Å². The van der Waals surface area contributed by atoms with E-state index in [4.69, 9.17) is 0 Å². The zero-order chi connectivity index (χ0) is 13.5. The minimum Gasteiger partial charge on any atom is -0.363 e. The van der Waals surface area contributed by atoms with Gasteiger partial charge in [-0.3, -0.25) is 0 Å². The van der Waals surface area contributed by atoms with Gasteiger partial charge in [0, 0.05) is 11.8 Å². The van der Waals surface area contributed by atoms with Gasteiger partial charge >= 0.3 is 0 Å². The Hall–Kier alpha value is -1.90. The Morgan fingerprint density at radius 1 is 1.11 bits per heavy atom. The maximum absolute atomic E-state index is 4.31. The summed E-state index contributed by atoms with van der Waals surface area (Å²) >= 11 is 0. The molecule has 1 atom stereocenters. The number of nitrogens with zero attached hydrogens (tertiary/aromatic N) is 2. The van der Waals surface area contributed by atoms with E-state index in [1.165, 1.54) is 5.56 Å². The molecule has 0 radical (unpaired) electrons. The number of aromatic nitrogens is 2. The summed E-state index contributed by atoms with van der Waals surface area (Å²) in [7, 11) is 0. The van der Waals surface area contributed by atoms with E-state index in [9.17, 15) is 0 Å². The Kier molecular flexibility index (Phi) is 4.90. The fourth-order valence-electron chi connectivity index (χ4n) is 2.15. The highest BCUT2D eigenvalue weighted by Gasteiger charge is 2.09. The van der Waals surface area contributed by atoms with Crippen LogP contribution in [0.4, 0.5) is 5.82 Å². The third kappa shape index (κ3) is 3.78. The number of benzene rings is 1. The number of anilines is 1. The first-order chi connectivity index (χ1) is 9.33. The summed E-state index contributed by atoms with van der Waals surface area (Å²) in [5.74, 6) is 0.911. The highest BCUT2D eigenvalue weighted by Crippen LogP contribution is 2.21. The Morgan fingerprint density at radius 2 is 1.89 bits per heavy atom. The Bertz CT molecular complexity index is 496. The highest BCUT2D eigenvalue weighted by molar-refractivity contribution is 5.38. The van der Waals surface area contributed by atoms with E-state index >= 15 is 0 Å². The van der Waals surface area contributed by atoms with E-state index in [2.05, 4.69) is 59.5 Å². The molecule has 3 heteroatoms. The molecule has 1 aromatic carbocycles. The van der Waals surface area contributed by atoms with E-state index < -0.39 is 0 Å². The molecule has 0 aliphatic rings. The van der Waals surface area contributed by atoms with E-state index in [1.807, 2.05) is 6.07 Å². The Labute approximate surface area is 115 Å². The standard InChI is InChI=1S/C16H21N3/c1-3-8-14-11-16(18-12-17-14)19-15(4-2)13-9-6-5-7-10-13/h5-7,9-12,15H,3-4,8H2,1-2H3,(H,17,18,19). The summed E-state index contributed by atoms with van der Waals surface area (Å²) < 4.78 is 0. The second-order valence-electron chi connectivity index (χ2n) is 4.66. The number of aryl methyl sites for hydroxylation is 1. The topological polar surface area (TPSA) is 37.8 Å². The molecule has 0 aliphatic carbocycles. The highest BCUT2D eigenvalue weighted by atomic mass is 15.0. The zero-order valence-corrected chi connectivity index (χ0v) is 11.6. The monoisotopic (exact) mass is 255 g/mol. The van der Waals surface area contributed by atoms with E-state index in [-0.39, 0.29) is 0 Å². The lowest BCUT2D eigenvalue weighted by molar-refractivity contribution is 0.742. The fraction of sp³-hybridized carbons (Fsp3) is 0.375. The molecule has 0 bridgehead atoms. The van der Waals surface area contributed by atoms with Gasteiger partial charge in [-0.25, -0.2) is 9.97 Å². The van der Waals surface area contributed by atoms with Crippen molar-refractivity contribution in [2.45, 2.75) is 39.2 Å². The van der Waals surface area contributed by atoms with Crippen molar-refractivity contribution in [3.05, 3.63) is 54.0 Å². The molecular weight excluding hydrogens is 234 g/mol. The third-order valence-corrected chi connectivity index (χ3v) is 3.16. The van der Waals surface area contributed by atoms with Crippen LogP contribution < -0.4 is 5.32 Å². The van der Waals surface area contributed by atoms with Crippen molar-refractivity contribution in [3.8, 4) is 0 Å².